The van der Waals surface area contributed by atoms with Crippen molar-refractivity contribution in [3.63, 3.8) is 0 Å². The van der Waals surface area contributed by atoms with Gasteiger partial charge < -0.3 is 10.3 Å². The van der Waals surface area contributed by atoms with Crippen LogP contribution in [0.25, 0.3) is 27.5 Å². The van der Waals surface area contributed by atoms with Crippen molar-refractivity contribution in [2.24, 2.45) is 7.05 Å². The second-order valence-electron chi connectivity index (χ2n) is 5.79. The van der Waals surface area contributed by atoms with Crippen LogP contribution in [-0.2, 0) is 39.8 Å². The van der Waals surface area contributed by atoms with Crippen molar-refractivity contribution < 1.29 is 41.9 Å². The number of aromatic nitrogens is 2. The molecule has 4 nitrogen and oxygen atoms in total. The van der Waals surface area contributed by atoms with E-state index in [1.54, 1.807) is 23.0 Å². The summed E-state index contributed by atoms with van der Waals surface area (Å²) in [5.41, 5.74) is 6.25. The van der Waals surface area contributed by atoms with E-state index in [2.05, 4.69) is 10.6 Å². The summed E-state index contributed by atoms with van der Waals surface area (Å²) in [6.07, 6.45) is 1.75. The van der Waals surface area contributed by atoms with E-state index in [4.69, 9.17) is 16.4 Å². The Bertz CT molecular complexity index is 1090. The summed E-state index contributed by atoms with van der Waals surface area (Å²) in [5.74, 6) is 0.00783. The molecule has 1 heterocycles. The van der Waals surface area contributed by atoms with Crippen molar-refractivity contribution in [3.8, 4) is 16.9 Å². The largest absolute Gasteiger partial charge is 0.557 e. The molecule has 0 aliphatic carbocycles. The number of para-hydroxylation sites is 1. The van der Waals surface area contributed by atoms with Gasteiger partial charge in [0.05, 0.1) is 11.7 Å². The van der Waals surface area contributed by atoms with E-state index in [0.29, 0.717) is 16.3 Å². The van der Waals surface area contributed by atoms with Crippen LogP contribution in [-0.4, -0.2) is 9.78 Å². The van der Waals surface area contributed by atoms with Crippen LogP contribution < -0.4 is 4.84 Å². The van der Waals surface area contributed by atoms with Gasteiger partial charge >= 0.3 is 0 Å². The van der Waals surface area contributed by atoms with Gasteiger partial charge in [-0.15, -0.1) is 0 Å². The zero-order valence-electron chi connectivity index (χ0n) is 14.4. The van der Waals surface area contributed by atoms with Crippen molar-refractivity contribution in [1.29, 1.82) is 0 Å². The third-order valence-electron chi connectivity index (χ3n) is 4.11. The summed E-state index contributed by atoms with van der Waals surface area (Å²) in [7, 11) is 1.86. The number of benzene rings is 3. The fourth-order valence-corrected chi connectivity index (χ4v) is 3.07. The minimum Gasteiger partial charge on any atom is -0.557 e. The SMILES string of the molecule is Cn1ncc2c(-c3cc(F)c([N-]Oc4ccccc4)cc3Cl)cccc21.[Y]. The Kier molecular flexibility index (Phi) is 6.15. The van der Waals surface area contributed by atoms with Crippen LogP contribution in [0.3, 0.4) is 0 Å². The molecule has 133 valence electrons. The first-order valence-corrected chi connectivity index (χ1v) is 8.34. The van der Waals surface area contributed by atoms with Crippen LogP contribution in [0.5, 0.6) is 5.75 Å². The molecule has 0 bridgehead atoms. The molecule has 0 fully saturated rings. The smallest absolute Gasteiger partial charge is 0.111 e. The zero-order chi connectivity index (χ0) is 18.1. The van der Waals surface area contributed by atoms with Crippen LogP contribution >= 0.6 is 11.6 Å². The first-order chi connectivity index (χ1) is 12.6. The first-order valence-electron chi connectivity index (χ1n) is 7.97. The average molecular weight is 456 g/mol. The summed E-state index contributed by atoms with van der Waals surface area (Å²) in [6, 6.07) is 17.5. The normalized spacial score (nSPS) is 10.5. The number of nitrogens with zero attached hydrogens (tertiary/aromatic N) is 3. The predicted molar refractivity (Wildman–Crippen MR) is 101 cm³/mol. The van der Waals surface area contributed by atoms with E-state index in [1.165, 1.54) is 12.1 Å². The maximum absolute atomic E-state index is 14.6. The molecule has 0 amide bonds. The summed E-state index contributed by atoms with van der Waals surface area (Å²) in [5, 5.41) is 5.55. The standard InChI is InChI=1S/C20H14ClFN3O.Y/c1-25-20-9-5-8-14(16(20)12-23-25)15-10-18(22)19(11-17(15)21)24-26-13-6-3-2-4-7-13;/h2-12H,1H3;/q-1;. The molecule has 0 spiro atoms. The Morgan fingerprint density at radius 3 is 2.59 bits per heavy atom. The van der Waals surface area contributed by atoms with Gasteiger partial charge in [-0.25, -0.2) is 4.39 Å². The first kappa shape index (κ1) is 19.8. The molecule has 0 aliphatic heterocycles. The number of hydrogen-bond donors (Lipinski definition) is 0. The molecule has 0 aliphatic rings. The van der Waals surface area contributed by atoms with Gasteiger partial charge in [-0.3, -0.25) is 4.68 Å². The second-order valence-corrected chi connectivity index (χ2v) is 6.19. The van der Waals surface area contributed by atoms with Crippen LogP contribution in [0.1, 0.15) is 0 Å². The monoisotopic (exact) mass is 455 g/mol. The van der Waals surface area contributed by atoms with Gasteiger partial charge in [-0.05, 0) is 29.8 Å². The second kappa shape index (κ2) is 8.38. The van der Waals surface area contributed by atoms with E-state index >= 15 is 0 Å². The fourth-order valence-electron chi connectivity index (χ4n) is 2.81. The minimum absolute atomic E-state index is 0. The number of aryl methyl sites for hydroxylation is 1. The Morgan fingerprint density at radius 1 is 1.04 bits per heavy atom. The third kappa shape index (κ3) is 4.00. The van der Waals surface area contributed by atoms with Crippen LogP contribution in [0.2, 0.25) is 5.02 Å². The van der Waals surface area contributed by atoms with Crippen molar-refractivity contribution >= 4 is 28.2 Å². The van der Waals surface area contributed by atoms with E-state index in [-0.39, 0.29) is 38.4 Å². The Morgan fingerprint density at radius 2 is 1.81 bits per heavy atom. The van der Waals surface area contributed by atoms with E-state index in [1.807, 2.05) is 43.4 Å². The van der Waals surface area contributed by atoms with Gasteiger partial charge in [-0.1, -0.05) is 53.7 Å². The molecule has 0 N–H and O–H groups in total. The molecule has 0 saturated carbocycles. The van der Waals surface area contributed by atoms with Crippen molar-refractivity contribution in [2.45, 2.75) is 0 Å². The summed E-state index contributed by atoms with van der Waals surface area (Å²) >= 11 is 6.42. The summed E-state index contributed by atoms with van der Waals surface area (Å²) in [6.45, 7) is 0. The number of rotatable bonds is 4. The molecule has 7 heteroatoms. The molecule has 0 unspecified atom stereocenters. The van der Waals surface area contributed by atoms with Crippen molar-refractivity contribution in [3.05, 3.63) is 83.2 Å². The van der Waals surface area contributed by atoms with Crippen LogP contribution in [0.4, 0.5) is 10.1 Å². The topological polar surface area (TPSA) is 41.2 Å². The minimum atomic E-state index is -0.513. The maximum Gasteiger partial charge on any atom is 0.111 e. The van der Waals surface area contributed by atoms with Gasteiger partial charge in [0.25, 0.3) is 0 Å². The predicted octanol–water partition coefficient (Wildman–Crippen LogP) is 6.03. The number of hydrogen-bond acceptors (Lipinski definition) is 2. The van der Waals surface area contributed by atoms with E-state index in [0.717, 1.165) is 16.5 Å². The number of fused-ring (bicyclic) bond motifs is 1. The molecular weight excluding hydrogens is 442 g/mol. The van der Waals surface area contributed by atoms with Gasteiger partial charge in [-0.2, -0.15) is 5.10 Å². The van der Waals surface area contributed by atoms with Gasteiger partial charge in [0, 0.05) is 55.7 Å². The molecule has 0 atom stereocenters. The Labute approximate surface area is 186 Å². The molecule has 27 heavy (non-hydrogen) atoms. The molecule has 3 aromatic carbocycles. The van der Waals surface area contributed by atoms with Crippen molar-refractivity contribution in [2.75, 3.05) is 0 Å². The van der Waals surface area contributed by atoms with E-state index in [9.17, 15) is 4.39 Å². The fraction of sp³-hybridized carbons (Fsp3) is 0.0500. The molecule has 4 aromatic rings. The van der Waals surface area contributed by atoms with E-state index < -0.39 is 5.82 Å². The van der Waals surface area contributed by atoms with Gasteiger partial charge in [0.2, 0.25) is 0 Å². The Hall–Kier alpha value is -1.95. The third-order valence-corrected chi connectivity index (χ3v) is 4.42. The van der Waals surface area contributed by atoms with Crippen LogP contribution in [0.15, 0.2) is 66.9 Å². The molecule has 1 aromatic heterocycles. The summed E-state index contributed by atoms with van der Waals surface area (Å²) in [4.78, 5) is 5.26. The Balaban J connectivity index is 0.00000210. The molecular formula is C20H14ClFN3OY-. The van der Waals surface area contributed by atoms with Crippen molar-refractivity contribution in [1.82, 2.24) is 9.78 Å². The summed E-state index contributed by atoms with van der Waals surface area (Å²) < 4.78 is 16.3. The molecule has 4 rings (SSSR count). The maximum atomic E-state index is 14.6. The van der Waals surface area contributed by atoms with Gasteiger partial charge in [0.1, 0.15) is 11.6 Å². The van der Waals surface area contributed by atoms with Gasteiger partial charge in [0.15, 0.2) is 0 Å². The number of halogens is 2. The quantitative estimate of drug-likeness (QED) is 0.353. The molecule has 1 radical (unpaired) electrons. The average Bonchev–Trinajstić information content (AvgIpc) is 3.04. The zero-order valence-corrected chi connectivity index (χ0v) is 18.0. The molecule has 0 saturated heterocycles. The van der Waals surface area contributed by atoms with Crippen LogP contribution in [0, 0.1) is 5.82 Å².